The number of nitrogen functional groups attached to an aromatic ring is 1. The summed E-state index contributed by atoms with van der Waals surface area (Å²) in [5.74, 6) is -0.940. The number of nitrogens with one attached hydrogen (secondary N) is 1. The van der Waals surface area contributed by atoms with Gasteiger partial charge in [-0.3, -0.25) is 4.79 Å². The normalized spacial score (nSPS) is 12.2. The first kappa shape index (κ1) is 15.5. The van der Waals surface area contributed by atoms with Crippen LogP contribution in [-0.4, -0.2) is 11.9 Å². The maximum absolute atomic E-state index is 14.0. The van der Waals surface area contributed by atoms with Crippen molar-refractivity contribution in [2.45, 2.75) is 33.2 Å². The third-order valence-corrected chi connectivity index (χ3v) is 4.23. The lowest BCUT2D eigenvalue weighted by Crippen LogP contribution is -2.34. The summed E-state index contributed by atoms with van der Waals surface area (Å²) in [5.41, 5.74) is 6.45. The molecule has 1 aromatic heterocycles. The summed E-state index contributed by atoms with van der Waals surface area (Å²) in [7, 11) is 0. The molecule has 0 fully saturated rings. The quantitative estimate of drug-likeness (QED) is 0.850. The first-order valence-electron chi connectivity index (χ1n) is 6.78. The van der Waals surface area contributed by atoms with Crippen LogP contribution in [0.2, 0.25) is 0 Å². The van der Waals surface area contributed by atoms with Crippen molar-refractivity contribution < 1.29 is 9.18 Å². The monoisotopic (exact) mass is 306 g/mol. The largest absolute Gasteiger partial charge is 0.399 e. The Morgan fingerprint density at radius 3 is 2.71 bits per heavy atom. The maximum Gasteiger partial charge on any atom is 0.254 e. The average molecular weight is 306 g/mol. The lowest BCUT2D eigenvalue weighted by atomic mass is 10.1. The van der Waals surface area contributed by atoms with Crippen LogP contribution in [0.3, 0.4) is 0 Å². The summed E-state index contributed by atoms with van der Waals surface area (Å²) in [6.45, 7) is 5.55. The molecule has 0 saturated heterocycles. The average Bonchev–Trinajstić information content (AvgIpc) is 2.78. The molecule has 1 atom stereocenters. The predicted octanol–water partition coefficient (Wildman–Crippen LogP) is 3.45. The number of anilines is 1. The van der Waals surface area contributed by atoms with E-state index in [-0.39, 0.29) is 11.6 Å². The van der Waals surface area contributed by atoms with E-state index in [0.29, 0.717) is 11.3 Å². The van der Waals surface area contributed by atoms with Gasteiger partial charge < -0.3 is 11.1 Å². The molecule has 0 bridgehead atoms. The van der Waals surface area contributed by atoms with E-state index in [0.717, 1.165) is 6.42 Å². The standard InChI is InChI=1S/C16H19FN2OS/c1-9-6-12(18)8-14(15(9)17)16(20)19-10(2)7-13-5-4-11(3)21-13/h4-6,8,10H,7,18H2,1-3H3,(H,19,20). The van der Waals surface area contributed by atoms with Crippen LogP contribution in [-0.2, 0) is 6.42 Å². The molecule has 21 heavy (non-hydrogen) atoms. The number of hydrogen-bond acceptors (Lipinski definition) is 3. The molecule has 0 spiro atoms. The fourth-order valence-corrected chi connectivity index (χ4v) is 3.23. The zero-order chi connectivity index (χ0) is 15.6. The fourth-order valence-electron chi connectivity index (χ4n) is 2.21. The minimum atomic E-state index is -0.513. The highest BCUT2D eigenvalue weighted by atomic mass is 32.1. The molecular formula is C16H19FN2OS. The van der Waals surface area contributed by atoms with Crippen molar-refractivity contribution in [3.05, 3.63) is 51.0 Å². The van der Waals surface area contributed by atoms with E-state index in [1.807, 2.05) is 19.9 Å². The number of thiophene rings is 1. The van der Waals surface area contributed by atoms with E-state index in [9.17, 15) is 9.18 Å². The van der Waals surface area contributed by atoms with Gasteiger partial charge in [0.25, 0.3) is 5.91 Å². The lowest BCUT2D eigenvalue weighted by Gasteiger charge is -2.14. The Labute approximate surface area is 128 Å². The van der Waals surface area contributed by atoms with Gasteiger partial charge in [-0.05, 0) is 50.6 Å². The van der Waals surface area contributed by atoms with Crippen molar-refractivity contribution >= 4 is 22.9 Å². The van der Waals surface area contributed by atoms with Gasteiger partial charge in [0.15, 0.2) is 0 Å². The van der Waals surface area contributed by atoms with Crippen LogP contribution in [0.1, 0.15) is 32.6 Å². The molecule has 2 aromatic rings. The number of carbonyl (C=O) groups is 1. The Hall–Kier alpha value is -1.88. The molecule has 3 nitrogen and oxygen atoms in total. The molecule has 1 heterocycles. The van der Waals surface area contributed by atoms with Crippen LogP contribution >= 0.6 is 11.3 Å². The van der Waals surface area contributed by atoms with E-state index < -0.39 is 11.7 Å². The number of aryl methyl sites for hydroxylation is 2. The highest BCUT2D eigenvalue weighted by molar-refractivity contribution is 7.11. The summed E-state index contributed by atoms with van der Waals surface area (Å²) in [6.07, 6.45) is 0.729. The van der Waals surface area contributed by atoms with Crippen molar-refractivity contribution in [2.75, 3.05) is 5.73 Å². The van der Waals surface area contributed by atoms with Crippen LogP contribution in [0.25, 0.3) is 0 Å². The molecule has 3 N–H and O–H groups in total. The smallest absolute Gasteiger partial charge is 0.254 e. The van der Waals surface area contributed by atoms with Gasteiger partial charge in [-0.1, -0.05) is 0 Å². The molecule has 5 heteroatoms. The zero-order valence-corrected chi connectivity index (χ0v) is 13.2. The van der Waals surface area contributed by atoms with Gasteiger partial charge in [-0.2, -0.15) is 0 Å². The van der Waals surface area contributed by atoms with Crippen LogP contribution in [0, 0.1) is 19.7 Å². The van der Waals surface area contributed by atoms with Gasteiger partial charge in [-0.25, -0.2) is 4.39 Å². The van der Waals surface area contributed by atoms with E-state index in [2.05, 4.69) is 11.4 Å². The van der Waals surface area contributed by atoms with E-state index in [1.54, 1.807) is 18.3 Å². The number of benzene rings is 1. The molecule has 1 amide bonds. The second kappa shape index (κ2) is 6.26. The fraction of sp³-hybridized carbons (Fsp3) is 0.312. The summed E-state index contributed by atoms with van der Waals surface area (Å²) in [4.78, 5) is 14.6. The van der Waals surface area contributed by atoms with Gasteiger partial charge in [0.05, 0.1) is 5.56 Å². The van der Waals surface area contributed by atoms with E-state index in [1.165, 1.54) is 21.9 Å². The molecular weight excluding hydrogens is 287 g/mol. The van der Waals surface area contributed by atoms with Crippen LogP contribution in [0.4, 0.5) is 10.1 Å². The molecule has 0 aliphatic carbocycles. The van der Waals surface area contributed by atoms with Crippen molar-refractivity contribution in [1.82, 2.24) is 5.32 Å². The third-order valence-electron chi connectivity index (χ3n) is 3.20. The second-order valence-corrected chi connectivity index (χ2v) is 6.66. The number of carbonyl (C=O) groups excluding carboxylic acids is 1. The summed E-state index contributed by atoms with van der Waals surface area (Å²) in [6, 6.07) is 6.92. The lowest BCUT2D eigenvalue weighted by molar-refractivity contribution is 0.0936. The Morgan fingerprint density at radius 1 is 1.38 bits per heavy atom. The summed E-state index contributed by atoms with van der Waals surface area (Å²) in [5, 5.41) is 2.82. The van der Waals surface area contributed by atoms with Gasteiger partial charge in [0.2, 0.25) is 0 Å². The number of halogens is 1. The Morgan fingerprint density at radius 2 is 2.10 bits per heavy atom. The molecule has 0 saturated carbocycles. The minimum absolute atomic E-state index is 0.00158. The SMILES string of the molecule is Cc1ccc(CC(C)NC(=O)c2cc(N)cc(C)c2F)s1. The molecule has 2 rings (SSSR count). The second-order valence-electron chi connectivity index (χ2n) is 5.29. The highest BCUT2D eigenvalue weighted by Gasteiger charge is 2.17. The molecule has 1 aromatic carbocycles. The summed E-state index contributed by atoms with van der Waals surface area (Å²) >= 11 is 1.70. The minimum Gasteiger partial charge on any atom is -0.399 e. The van der Waals surface area contributed by atoms with Crippen molar-refractivity contribution in [3.8, 4) is 0 Å². The van der Waals surface area contributed by atoms with Crippen molar-refractivity contribution in [1.29, 1.82) is 0 Å². The first-order valence-corrected chi connectivity index (χ1v) is 7.60. The number of amides is 1. The van der Waals surface area contributed by atoms with Crippen LogP contribution < -0.4 is 11.1 Å². The maximum atomic E-state index is 14.0. The first-order chi connectivity index (χ1) is 9.86. The zero-order valence-electron chi connectivity index (χ0n) is 12.4. The molecule has 0 aliphatic heterocycles. The molecule has 112 valence electrons. The molecule has 0 aliphatic rings. The van der Waals surface area contributed by atoms with E-state index >= 15 is 0 Å². The van der Waals surface area contributed by atoms with Gasteiger partial charge in [0.1, 0.15) is 5.82 Å². The third kappa shape index (κ3) is 3.82. The number of hydrogen-bond donors (Lipinski definition) is 2. The van der Waals surface area contributed by atoms with Crippen LogP contribution in [0.5, 0.6) is 0 Å². The summed E-state index contributed by atoms with van der Waals surface area (Å²) < 4.78 is 14.0. The van der Waals surface area contributed by atoms with Crippen molar-refractivity contribution in [3.63, 3.8) is 0 Å². The Bertz CT molecular complexity index is 666. The topological polar surface area (TPSA) is 55.1 Å². The molecule has 1 unspecified atom stereocenters. The van der Waals surface area contributed by atoms with Crippen molar-refractivity contribution in [2.24, 2.45) is 0 Å². The highest BCUT2D eigenvalue weighted by Crippen LogP contribution is 2.19. The van der Waals surface area contributed by atoms with Crippen LogP contribution in [0.15, 0.2) is 24.3 Å². The predicted molar refractivity (Wildman–Crippen MR) is 85.2 cm³/mol. The number of nitrogens with two attached hydrogens (primary N) is 1. The Kier molecular flexibility index (Phi) is 4.63. The van der Waals surface area contributed by atoms with Gasteiger partial charge in [-0.15, -0.1) is 11.3 Å². The number of rotatable bonds is 4. The van der Waals surface area contributed by atoms with E-state index in [4.69, 9.17) is 5.73 Å². The Balaban J connectivity index is 2.07. The van der Waals surface area contributed by atoms with Gasteiger partial charge >= 0.3 is 0 Å². The molecule has 0 radical (unpaired) electrons. The van der Waals surface area contributed by atoms with Gasteiger partial charge in [0, 0.05) is 27.9 Å².